The minimum Gasteiger partial charge on any atom is -0.392 e. The summed E-state index contributed by atoms with van der Waals surface area (Å²) in [5.41, 5.74) is 0.390. The van der Waals surface area contributed by atoms with E-state index in [9.17, 15) is 14.7 Å². The number of rotatable bonds is 7. The molecule has 6 heteroatoms. The number of benzene rings is 1. The maximum absolute atomic E-state index is 12.3. The Kier molecular flexibility index (Phi) is 5.41. The largest absolute Gasteiger partial charge is 0.392 e. The van der Waals surface area contributed by atoms with Gasteiger partial charge in [0, 0.05) is 12.5 Å². The highest BCUT2D eigenvalue weighted by molar-refractivity contribution is 5.80. The Morgan fingerprint density at radius 2 is 2.14 bits per heavy atom. The first kappa shape index (κ1) is 16.3. The topological polar surface area (TPSA) is 84.2 Å². The number of fused-ring (bicyclic) bond motifs is 1. The van der Waals surface area contributed by atoms with Gasteiger partial charge < -0.3 is 10.4 Å². The highest BCUT2D eigenvalue weighted by atomic mass is 16.3. The molecule has 2 atom stereocenters. The fraction of sp³-hybridized carbons (Fsp3) is 0.438. The number of ketones is 1. The zero-order valence-corrected chi connectivity index (χ0v) is 12.8. The van der Waals surface area contributed by atoms with Crippen molar-refractivity contribution in [1.82, 2.24) is 14.9 Å². The lowest BCUT2D eigenvalue weighted by Gasteiger charge is -2.20. The van der Waals surface area contributed by atoms with E-state index in [2.05, 4.69) is 10.3 Å². The van der Waals surface area contributed by atoms with Crippen molar-refractivity contribution in [2.24, 2.45) is 0 Å². The molecule has 0 amide bonds. The van der Waals surface area contributed by atoms with Crippen LogP contribution in [0.25, 0.3) is 10.9 Å². The number of hydrogen-bond acceptors (Lipinski definition) is 5. The Morgan fingerprint density at radius 3 is 2.82 bits per heavy atom. The van der Waals surface area contributed by atoms with E-state index < -0.39 is 6.10 Å². The molecule has 6 nitrogen and oxygen atoms in total. The normalized spacial score (nSPS) is 14.0. The number of Topliss-reactive ketones (excluding diaryl/α,β-unsaturated/α-hetero) is 1. The van der Waals surface area contributed by atoms with Crippen molar-refractivity contribution in [1.29, 1.82) is 0 Å². The molecule has 0 aliphatic rings. The van der Waals surface area contributed by atoms with Gasteiger partial charge in [-0.3, -0.25) is 14.2 Å². The van der Waals surface area contributed by atoms with Crippen molar-refractivity contribution in [3.63, 3.8) is 0 Å². The molecule has 0 aliphatic heterocycles. The van der Waals surface area contributed by atoms with Crippen molar-refractivity contribution in [3.05, 3.63) is 40.9 Å². The molecule has 118 valence electrons. The number of hydrogen-bond donors (Lipinski definition) is 2. The summed E-state index contributed by atoms with van der Waals surface area (Å²) < 4.78 is 1.32. The molecule has 2 aromatic rings. The Morgan fingerprint density at radius 1 is 1.41 bits per heavy atom. The molecule has 0 fully saturated rings. The van der Waals surface area contributed by atoms with Gasteiger partial charge in [0.25, 0.3) is 5.56 Å². The summed E-state index contributed by atoms with van der Waals surface area (Å²) in [4.78, 5) is 28.7. The summed E-state index contributed by atoms with van der Waals surface area (Å²) in [6.07, 6.45) is 1.55. The number of aromatic nitrogens is 2. The highest BCUT2D eigenvalue weighted by Gasteiger charge is 2.19. The van der Waals surface area contributed by atoms with Crippen LogP contribution in [0.4, 0.5) is 0 Å². The maximum Gasteiger partial charge on any atom is 0.261 e. The average molecular weight is 303 g/mol. The van der Waals surface area contributed by atoms with Crippen LogP contribution in [0.1, 0.15) is 19.8 Å². The molecule has 22 heavy (non-hydrogen) atoms. The molecular weight excluding hydrogens is 282 g/mol. The Hall–Kier alpha value is -2.05. The summed E-state index contributed by atoms with van der Waals surface area (Å²) in [5.74, 6) is -0.119. The van der Waals surface area contributed by atoms with Crippen LogP contribution in [-0.2, 0) is 11.3 Å². The number of aliphatic hydroxyl groups is 1. The van der Waals surface area contributed by atoms with Gasteiger partial charge in [-0.2, -0.15) is 0 Å². The predicted octanol–water partition coefficient (Wildman–Crippen LogP) is 0.715. The minimum absolute atomic E-state index is 0.0364. The van der Waals surface area contributed by atoms with Crippen LogP contribution in [-0.4, -0.2) is 39.6 Å². The average Bonchev–Trinajstić information content (AvgIpc) is 2.54. The SMILES string of the molecule is CC[C@H](O)[C@@H](CC(=O)Cn1cnc2ccccc2c1=O)NC. The lowest BCUT2D eigenvalue weighted by molar-refractivity contribution is -0.120. The number of carbonyl (C=O) groups is 1. The molecule has 0 spiro atoms. The zero-order valence-electron chi connectivity index (χ0n) is 12.8. The molecule has 0 saturated heterocycles. The van der Waals surface area contributed by atoms with Gasteiger partial charge in [-0.1, -0.05) is 19.1 Å². The summed E-state index contributed by atoms with van der Waals surface area (Å²) in [6.45, 7) is 1.82. The van der Waals surface area contributed by atoms with Crippen molar-refractivity contribution in [3.8, 4) is 0 Å². The second-order valence-corrected chi connectivity index (χ2v) is 5.31. The van der Waals surface area contributed by atoms with Crippen LogP contribution in [0.3, 0.4) is 0 Å². The number of nitrogens with zero attached hydrogens (tertiary/aromatic N) is 2. The van der Waals surface area contributed by atoms with Crippen LogP contribution >= 0.6 is 0 Å². The number of aliphatic hydroxyl groups excluding tert-OH is 1. The van der Waals surface area contributed by atoms with Crippen LogP contribution in [0, 0.1) is 0 Å². The lowest BCUT2D eigenvalue weighted by Crippen LogP contribution is -2.40. The van der Waals surface area contributed by atoms with E-state index in [0.29, 0.717) is 17.3 Å². The maximum atomic E-state index is 12.3. The molecule has 1 aromatic carbocycles. The molecule has 0 saturated carbocycles. The van der Waals surface area contributed by atoms with Gasteiger partial charge in [0.2, 0.25) is 0 Å². The first-order valence-electron chi connectivity index (χ1n) is 7.38. The minimum atomic E-state index is -0.583. The van der Waals surface area contributed by atoms with E-state index in [0.717, 1.165) is 0 Å². The van der Waals surface area contributed by atoms with E-state index in [1.54, 1.807) is 25.2 Å². The predicted molar refractivity (Wildman–Crippen MR) is 84.8 cm³/mol. The van der Waals surface area contributed by atoms with Gasteiger partial charge in [0.15, 0.2) is 5.78 Å². The Balaban J connectivity index is 2.15. The second kappa shape index (κ2) is 7.29. The number of nitrogens with one attached hydrogen (secondary N) is 1. The van der Waals surface area contributed by atoms with Gasteiger partial charge in [0.1, 0.15) is 0 Å². The first-order valence-corrected chi connectivity index (χ1v) is 7.38. The molecule has 2 rings (SSSR count). The summed E-state index contributed by atoms with van der Waals surface area (Å²) in [7, 11) is 1.71. The lowest BCUT2D eigenvalue weighted by atomic mass is 10.0. The monoisotopic (exact) mass is 303 g/mol. The third-order valence-electron chi connectivity index (χ3n) is 3.78. The van der Waals surface area contributed by atoms with Crippen molar-refractivity contribution < 1.29 is 9.90 Å². The van der Waals surface area contributed by atoms with E-state index >= 15 is 0 Å². The zero-order chi connectivity index (χ0) is 16.1. The van der Waals surface area contributed by atoms with Crippen LogP contribution < -0.4 is 10.9 Å². The molecule has 0 bridgehead atoms. The molecule has 2 N–H and O–H groups in total. The van der Waals surface area contributed by atoms with Gasteiger partial charge >= 0.3 is 0 Å². The summed E-state index contributed by atoms with van der Waals surface area (Å²) in [5, 5.41) is 13.3. The van der Waals surface area contributed by atoms with Gasteiger partial charge in [-0.05, 0) is 25.6 Å². The van der Waals surface area contributed by atoms with E-state index in [1.165, 1.54) is 10.9 Å². The van der Waals surface area contributed by atoms with Gasteiger partial charge in [0.05, 0.1) is 29.9 Å². The van der Waals surface area contributed by atoms with E-state index in [1.807, 2.05) is 13.0 Å². The fourth-order valence-corrected chi connectivity index (χ4v) is 2.43. The van der Waals surface area contributed by atoms with E-state index in [4.69, 9.17) is 0 Å². The van der Waals surface area contributed by atoms with Crippen molar-refractivity contribution >= 4 is 16.7 Å². The molecule has 1 heterocycles. The Labute approximate surface area is 128 Å². The van der Waals surface area contributed by atoms with Gasteiger partial charge in [-0.25, -0.2) is 4.98 Å². The van der Waals surface area contributed by atoms with Crippen LogP contribution in [0.15, 0.2) is 35.4 Å². The molecule has 0 aliphatic carbocycles. The van der Waals surface area contributed by atoms with Crippen LogP contribution in [0.2, 0.25) is 0 Å². The third-order valence-corrected chi connectivity index (χ3v) is 3.78. The smallest absolute Gasteiger partial charge is 0.261 e. The number of carbonyl (C=O) groups excluding carboxylic acids is 1. The second-order valence-electron chi connectivity index (χ2n) is 5.31. The quantitative estimate of drug-likeness (QED) is 0.787. The van der Waals surface area contributed by atoms with Crippen molar-refractivity contribution in [2.75, 3.05) is 7.05 Å². The molecular formula is C16H21N3O3. The third kappa shape index (κ3) is 3.58. The fourth-order valence-electron chi connectivity index (χ4n) is 2.43. The standard InChI is InChI=1S/C16H21N3O3/c1-3-15(21)14(17-2)8-11(20)9-19-10-18-13-7-5-4-6-12(13)16(19)22/h4-7,10,14-15,17,21H,3,8-9H2,1-2H3/t14-,15+/m1/s1. The molecule has 0 unspecified atom stereocenters. The van der Waals surface area contributed by atoms with Crippen molar-refractivity contribution in [2.45, 2.75) is 38.5 Å². The van der Waals surface area contributed by atoms with Gasteiger partial charge in [-0.15, -0.1) is 0 Å². The molecule has 1 aromatic heterocycles. The summed E-state index contributed by atoms with van der Waals surface area (Å²) in [6, 6.07) is 6.74. The highest BCUT2D eigenvalue weighted by Crippen LogP contribution is 2.07. The first-order chi connectivity index (χ1) is 10.6. The number of para-hydroxylation sites is 1. The van der Waals surface area contributed by atoms with E-state index in [-0.39, 0.29) is 30.3 Å². The van der Waals surface area contributed by atoms with Crippen LogP contribution in [0.5, 0.6) is 0 Å². The Bertz CT molecular complexity index is 711. The molecule has 0 radical (unpaired) electrons. The summed E-state index contributed by atoms with van der Waals surface area (Å²) >= 11 is 0. The number of likely N-dealkylation sites (N-methyl/N-ethyl adjacent to an activating group) is 1.